The lowest BCUT2D eigenvalue weighted by Crippen LogP contribution is -2.49. The van der Waals surface area contributed by atoms with Gasteiger partial charge in [0.05, 0.1) is 5.52 Å². The molecule has 0 atom stereocenters. The van der Waals surface area contributed by atoms with Crippen LogP contribution in [0.3, 0.4) is 0 Å². The quantitative estimate of drug-likeness (QED) is 0.491. The molecule has 36 heavy (non-hydrogen) atoms. The second-order valence-corrected chi connectivity index (χ2v) is 9.35. The van der Waals surface area contributed by atoms with E-state index >= 15 is 0 Å². The maximum Gasteiger partial charge on any atom is 0.330 e. The SMILES string of the molecule is CCn1c(=O)n(CC)c2nc(NC(=O)CCC(=O)N3CCN(CCn4c(C)ccc4C)CC3)ccc21. The molecule has 10 nitrogen and oxygen atoms in total. The van der Waals surface area contributed by atoms with Gasteiger partial charge in [-0.15, -0.1) is 0 Å². The fraction of sp³-hybridized carbons (Fsp3) is 0.538. The van der Waals surface area contributed by atoms with Crippen LogP contribution in [0.25, 0.3) is 11.2 Å². The van der Waals surface area contributed by atoms with Gasteiger partial charge in [0.25, 0.3) is 0 Å². The van der Waals surface area contributed by atoms with Crippen molar-refractivity contribution in [2.24, 2.45) is 0 Å². The number of hydrogen-bond donors (Lipinski definition) is 1. The summed E-state index contributed by atoms with van der Waals surface area (Å²) in [5.41, 5.74) is 3.74. The van der Waals surface area contributed by atoms with Gasteiger partial charge in [-0.1, -0.05) is 0 Å². The van der Waals surface area contributed by atoms with Crippen LogP contribution in [0.2, 0.25) is 0 Å². The normalized spacial score (nSPS) is 14.5. The van der Waals surface area contributed by atoms with Crippen LogP contribution in [-0.4, -0.2) is 73.0 Å². The molecule has 1 N–H and O–H groups in total. The van der Waals surface area contributed by atoms with Crippen LogP contribution < -0.4 is 11.0 Å². The zero-order valence-electron chi connectivity index (χ0n) is 21.8. The number of nitrogens with zero attached hydrogens (tertiary/aromatic N) is 6. The van der Waals surface area contributed by atoms with Crippen LogP contribution in [0, 0.1) is 13.8 Å². The van der Waals surface area contributed by atoms with E-state index in [-0.39, 0.29) is 30.3 Å². The highest BCUT2D eigenvalue weighted by molar-refractivity contribution is 5.93. The van der Waals surface area contributed by atoms with Crippen molar-refractivity contribution in [3.05, 3.63) is 46.1 Å². The lowest BCUT2D eigenvalue weighted by Gasteiger charge is -2.35. The lowest BCUT2D eigenvalue weighted by molar-refractivity contribution is -0.134. The minimum atomic E-state index is -0.258. The van der Waals surface area contributed by atoms with Gasteiger partial charge in [0, 0.05) is 76.6 Å². The molecular formula is C26H37N7O3. The zero-order chi connectivity index (χ0) is 25.8. The van der Waals surface area contributed by atoms with Crippen LogP contribution in [0.4, 0.5) is 5.82 Å². The molecule has 0 spiro atoms. The third kappa shape index (κ3) is 5.38. The van der Waals surface area contributed by atoms with E-state index in [1.165, 1.54) is 11.4 Å². The van der Waals surface area contributed by atoms with Gasteiger partial charge < -0.3 is 14.8 Å². The highest BCUT2D eigenvalue weighted by Crippen LogP contribution is 2.16. The van der Waals surface area contributed by atoms with Crippen LogP contribution >= 0.6 is 0 Å². The number of imidazole rings is 1. The van der Waals surface area contributed by atoms with E-state index in [0.29, 0.717) is 37.6 Å². The number of aromatic nitrogens is 4. The molecule has 0 bridgehead atoms. The average Bonchev–Trinajstić information content (AvgIpc) is 3.34. The van der Waals surface area contributed by atoms with Crippen molar-refractivity contribution in [2.75, 3.05) is 38.0 Å². The first-order chi connectivity index (χ1) is 17.3. The minimum Gasteiger partial charge on any atom is -0.348 e. The number of carbonyl (C=O) groups is 2. The topological polar surface area (TPSA) is 97.4 Å². The second kappa shape index (κ2) is 11.1. The molecule has 0 saturated carbocycles. The maximum absolute atomic E-state index is 12.7. The number of carbonyl (C=O) groups excluding carboxylic acids is 2. The van der Waals surface area contributed by atoms with E-state index in [2.05, 4.69) is 45.7 Å². The Morgan fingerprint density at radius 1 is 0.861 bits per heavy atom. The summed E-state index contributed by atoms with van der Waals surface area (Å²) in [6.07, 6.45) is 0.267. The van der Waals surface area contributed by atoms with Crippen molar-refractivity contribution < 1.29 is 9.59 Å². The molecule has 3 aromatic heterocycles. The third-order valence-electron chi connectivity index (χ3n) is 7.11. The molecule has 1 aliphatic rings. The van der Waals surface area contributed by atoms with Crippen LogP contribution in [0.15, 0.2) is 29.1 Å². The van der Waals surface area contributed by atoms with Gasteiger partial charge in [0.1, 0.15) is 5.82 Å². The molecule has 1 saturated heterocycles. The van der Waals surface area contributed by atoms with Crippen LogP contribution in [0.5, 0.6) is 0 Å². The fourth-order valence-corrected chi connectivity index (χ4v) is 4.95. The first-order valence-corrected chi connectivity index (χ1v) is 12.8. The predicted octanol–water partition coefficient (Wildman–Crippen LogP) is 2.22. The molecule has 0 aliphatic carbocycles. The van der Waals surface area contributed by atoms with Crippen molar-refractivity contribution in [2.45, 2.75) is 60.2 Å². The number of aryl methyl sites for hydroxylation is 4. The Hall–Kier alpha value is -3.40. The molecule has 3 aromatic rings. The number of rotatable bonds is 9. The highest BCUT2D eigenvalue weighted by atomic mass is 16.2. The highest BCUT2D eigenvalue weighted by Gasteiger charge is 2.22. The van der Waals surface area contributed by atoms with Crippen LogP contribution in [-0.2, 0) is 29.2 Å². The predicted molar refractivity (Wildman–Crippen MR) is 140 cm³/mol. The Labute approximate surface area is 211 Å². The van der Waals surface area contributed by atoms with Gasteiger partial charge in [-0.3, -0.25) is 23.6 Å². The fourth-order valence-electron chi connectivity index (χ4n) is 4.95. The second-order valence-electron chi connectivity index (χ2n) is 9.35. The van der Waals surface area contributed by atoms with E-state index in [0.717, 1.165) is 31.7 Å². The van der Waals surface area contributed by atoms with Gasteiger partial charge in [0.2, 0.25) is 11.8 Å². The zero-order valence-corrected chi connectivity index (χ0v) is 21.8. The summed E-state index contributed by atoms with van der Waals surface area (Å²) >= 11 is 0. The monoisotopic (exact) mass is 495 g/mol. The summed E-state index contributed by atoms with van der Waals surface area (Å²) < 4.78 is 5.58. The van der Waals surface area contributed by atoms with E-state index in [1.54, 1.807) is 21.3 Å². The van der Waals surface area contributed by atoms with Gasteiger partial charge in [-0.05, 0) is 52.0 Å². The van der Waals surface area contributed by atoms with E-state index in [4.69, 9.17) is 0 Å². The van der Waals surface area contributed by atoms with Gasteiger partial charge in [0.15, 0.2) is 5.65 Å². The number of fused-ring (bicyclic) bond motifs is 1. The van der Waals surface area contributed by atoms with Crippen molar-refractivity contribution in [3.8, 4) is 0 Å². The van der Waals surface area contributed by atoms with Crippen molar-refractivity contribution in [1.82, 2.24) is 28.5 Å². The van der Waals surface area contributed by atoms with E-state index in [9.17, 15) is 14.4 Å². The molecule has 1 fully saturated rings. The minimum absolute atomic E-state index is 0.00477. The molecule has 2 amide bonds. The molecule has 1 aliphatic heterocycles. The number of piperazine rings is 1. The van der Waals surface area contributed by atoms with E-state index < -0.39 is 0 Å². The van der Waals surface area contributed by atoms with Crippen molar-refractivity contribution >= 4 is 28.8 Å². The number of nitrogens with one attached hydrogen (secondary N) is 1. The molecule has 4 rings (SSSR count). The lowest BCUT2D eigenvalue weighted by atomic mass is 10.2. The molecule has 10 heteroatoms. The number of hydrogen-bond acceptors (Lipinski definition) is 5. The summed E-state index contributed by atoms with van der Waals surface area (Å²) in [5, 5.41) is 2.78. The maximum atomic E-state index is 12.7. The summed E-state index contributed by atoms with van der Waals surface area (Å²) in [5.74, 6) is 0.133. The Kier molecular flexibility index (Phi) is 7.93. The van der Waals surface area contributed by atoms with Crippen molar-refractivity contribution in [1.29, 1.82) is 0 Å². The molecule has 0 radical (unpaired) electrons. The van der Waals surface area contributed by atoms with Gasteiger partial charge in [-0.2, -0.15) is 0 Å². The number of pyridine rings is 1. The molecule has 0 unspecified atom stereocenters. The van der Waals surface area contributed by atoms with Gasteiger partial charge in [-0.25, -0.2) is 9.78 Å². The first kappa shape index (κ1) is 25.7. The standard InChI is InChI=1S/C26H37N7O3/c1-5-31-21-9-10-22(28-25(21)32(6-2)26(31)36)27-23(34)11-12-24(35)30-16-13-29(14-17-30)15-18-33-19(3)7-8-20(33)4/h7-10H,5-6,11-18H2,1-4H3,(H,27,28,34). The number of anilines is 1. The summed E-state index contributed by atoms with van der Waals surface area (Å²) in [4.78, 5) is 46.5. The van der Waals surface area contributed by atoms with E-state index in [1.807, 2.05) is 18.7 Å². The average molecular weight is 496 g/mol. The molecule has 4 heterocycles. The summed E-state index contributed by atoms with van der Waals surface area (Å²) in [6.45, 7) is 14.1. The first-order valence-electron chi connectivity index (χ1n) is 12.8. The number of amides is 2. The molecule has 0 aromatic carbocycles. The smallest absolute Gasteiger partial charge is 0.330 e. The summed E-state index contributed by atoms with van der Waals surface area (Å²) in [7, 11) is 0. The third-order valence-corrected chi connectivity index (χ3v) is 7.11. The Morgan fingerprint density at radius 3 is 2.17 bits per heavy atom. The Morgan fingerprint density at radius 2 is 1.53 bits per heavy atom. The van der Waals surface area contributed by atoms with Gasteiger partial charge >= 0.3 is 5.69 Å². The Bertz CT molecular complexity index is 1280. The molecular weight excluding hydrogens is 458 g/mol. The Balaban J connectivity index is 1.24. The summed E-state index contributed by atoms with van der Waals surface area (Å²) in [6, 6.07) is 7.79. The largest absolute Gasteiger partial charge is 0.348 e. The molecule has 194 valence electrons. The van der Waals surface area contributed by atoms with Crippen molar-refractivity contribution in [3.63, 3.8) is 0 Å². The van der Waals surface area contributed by atoms with Crippen LogP contribution in [0.1, 0.15) is 38.1 Å².